The molecule has 2 aromatic rings. The highest BCUT2D eigenvalue weighted by Gasteiger charge is 2.29. The number of nitrogens with zero attached hydrogens (tertiary/aromatic N) is 2. The highest BCUT2D eigenvalue weighted by Crippen LogP contribution is 2.30. The summed E-state index contributed by atoms with van der Waals surface area (Å²) in [6, 6.07) is 9.61. The van der Waals surface area contributed by atoms with Crippen LogP contribution in [0.4, 0.5) is 15.8 Å². The van der Waals surface area contributed by atoms with Crippen LogP contribution in [-0.4, -0.2) is 23.3 Å². The molecule has 0 spiro atoms. The Morgan fingerprint density at radius 2 is 2.14 bits per heavy atom. The first-order valence-corrected chi connectivity index (χ1v) is 6.89. The second-order valence-electron chi connectivity index (χ2n) is 5.19. The Morgan fingerprint density at radius 1 is 1.36 bits per heavy atom. The maximum absolute atomic E-state index is 13.3. The third-order valence-electron chi connectivity index (χ3n) is 3.58. The van der Waals surface area contributed by atoms with Gasteiger partial charge in [0.25, 0.3) is 5.91 Å². The number of amides is 2. The van der Waals surface area contributed by atoms with Crippen LogP contribution in [0.15, 0.2) is 42.6 Å². The molecule has 0 saturated heterocycles. The molecule has 2 amide bonds. The molecule has 0 saturated carbocycles. The van der Waals surface area contributed by atoms with Gasteiger partial charge in [-0.1, -0.05) is 19.1 Å². The van der Waals surface area contributed by atoms with Gasteiger partial charge in [0.05, 0.1) is 17.3 Å². The summed E-state index contributed by atoms with van der Waals surface area (Å²) in [4.78, 5) is 29.7. The summed E-state index contributed by atoms with van der Waals surface area (Å²) >= 11 is 0. The lowest BCUT2D eigenvalue weighted by Crippen LogP contribution is -2.36. The summed E-state index contributed by atoms with van der Waals surface area (Å²) in [6.45, 7) is 1.97. The van der Waals surface area contributed by atoms with Crippen molar-refractivity contribution in [3.05, 3.63) is 54.1 Å². The summed E-state index contributed by atoms with van der Waals surface area (Å²) < 4.78 is 13.3. The summed E-state index contributed by atoms with van der Waals surface area (Å²) in [7, 11) is 0. The quantitative estimate of drug-likeness (QED) is 0.823. The molecule has 0 radical (unpaired) electrons. The van der Waals surface area contributed by atoms with Crippen molar-refractivity contribution < 1.29 is 14.0 Å². The van der Waals surface area contributed by atoms with Crippen molar-refractivity contribution in [1.29, 1.82) is 0 Å². The zero-order valence-corrected chi connectivity index (χ0v) is 11.9. The molecule has 1 aliphatic rings. The zero-order chi connectivity index (χ0) is 15.7. The number of nitrogens with one attached hydrogen (secondary N) is 1. The van der Waals surface area contributed by atoms with Crippen molar-refractivity contribution in [2.24, 2.45) is 5.92 Å². The van der Waals surface area contributed by atoms with Gasteiger partial charge in [-0.15, -0.1) is 0 Å². The number of rotatable bonds is 1. The second kappa shape index (κ2) is 5.55. The van der Waals surface area contributed by atoms with Crippen LogP contribution in [-0.2, 0) is 4.79 Å². The molecule has 0 bridgehead atoms. The van der Waals surface area contributed by atoms with Crippen LogP contribution in [0.5, 0.6) is 0 Å². The van der Waals surface area contributed by atoms with E-state index >= 15 is 0 Å². The normalized spacial score (nSPS) is 17.5. The first kappa shape index (κ1) is 14.2. The molecule has 5 nitrogen and oxygen atoms in total. The van der Waals surface area contributed by atoms with Crippen molar-refractivity contribution in [3.63, 3.8) is 0 Å². The number of aromatic nitrogens is 1. The fourth-order valence-corrected chi connectivity index (χ4v) is 2.41. The van der Waals surface area contributed by atoms with Gasteiger partial charge in [-0.05, 0) is 18.2 Å². The van der Waals surface area contributed by atoms with Gasteiger partial charge in [-0.3, -0.25) is 9.59 Å². The average Bonchev–Trinajstić information content (AvgIpc) is 2.64. The number of hydrogen-bond acceptors (Lipinski definition) is 3. The summed E-state index contributed by atoms with van der Waals surface area (Å²) in [5, 5.41) is 2.80. The zero-order valence-electron chi connectivity index (χ0n) is 11.9. The lowest BCUT2D eigenvalue weighted by Gasteiger charge is -2.23. The van der Waals surface area contributed by atoms with Gasteiger partial charge in [-0.25, -0.2) is 4.98 Å². The monoisotopic (exact) mass is 299 g/mol. The Hall–Kier alpha value is -2.76. The number of para-hydroxylation sites is 2. The minimum atomic E-state index is -0.712. The largest absolute Gasteiger partial charge is 0.324 e. The third kappa shape index (κ3) is 2.55. The van der Waals surface area contributed by atoms with E-state index in [4.69, 9.17) is 0 Å². The van der Waals surface area contributed by atoms with Crippen molar-refractivity contribution >= 4 is 23.2 Å². The molecule has 1 aromatic carbocycles. The van der Waals surface area contributed by atoms with Crippen molar-refractivity contribution in [2.75, 3.05) is 16.8 Å². The SMILES string of the molecule is C[C@H]1CN(C(=O)c2ccnc(F)c2)c2ccccc2NC1=O. The fraction of sp³-hybridized carbons (Fsp3) is 0.188. The molecule has 1 aliphatic heterocycles. The Bertz CT molecular complexity index is 748. The van der Waals surface area contributed by atoms with E-state index in [1.165, 1.54) is 17.2 Å². The van der Waals surface area contributed by atoms with E-state index in [0.29, 0.717) is 11.4 Å². The van der Waals surface area contributed by atoms with E-state index in [9.17, 15) is 14.0 Å². The molecule has 3 rings (SSSR count). The Kier molecular flexibility index (Phi) is 3.58. The lowest BCUT2D eigenvalue weighted by molar-refractivity contribution is -0.119. The first-order valence-electron chi connectivity index (χ1n) is 6.89. The molecule has 0 unspecified atom stereocenters. The maximum Gasteiger partial charge on any atom is 0.258 e. The maximum atomic E-state index is 13.3. The Morgan fingerprint density at radius 3 is 2.91 bits per heavy atom. The fourth-order valence-electron chi connectivity index (χ4n) is 2.41. The van der Waals surface area contributed by atoms with Crippen molar-refractivity contribution in [1.82, 2.24) is 4.98 Å². The van der Waals surface area contributed by atoms with E-state index in [-0.39, 0.29) is 29.8 Å². The van der Waals surface area contributed by atoms with E-state index in [2.05, 4.69) is 10.3 Å². The number of carbonyl (C=O) groups is 2. The molecule has 0 fully saturated rings. The number of carbonyl (C=O) groups excluding carboxylic acids is 2. The van der Waals surface area contributed by atoms with Crippen molar-refractivity contribution in [2.45, 2.75) is 6.92 Å². The van der Waals surface area contributed by atoms with E-state index < -0.39 is 5.95 Å². The number of fused-ring (bicyclic) bond motifs is 1. The van der Waals surface area contributed by atoms with Gasteiger partial charge < -0.3 is 10.2 Å². The second-order valence-corrected chi connectivity index (χ2v) is 5.19. The first-order chi connectivity index (χ1) is 10.6. The van der Waals surface area contributed by atoms with Crippen LogP contribution < -0.4 is 10.2 Å². The minimum Gasteiger partial charge on any atom is -0.324 e. The standard InChI is InChI=1S/C16H14FN3O2/c1-10-9-20(16(22)11-6-7-18-14(17)8-11)13-5-3-2-4-12(13)19-15(10)21/h2-8,10H,9H2,1H3,(H,19,21)/t10-/m0/s1. The van der Waals surface area contributed by atoms with E-state index in [0.717, 1.165) is 6.07 Å². The molecular formula is C16H14FN3O2. The number of hydrogen-bond donors (Lipinski definition) is 1. The minimum absolute atomic E-state index is 0.149. The molecule has 112 valence electrons. The topological polar surface area (TPSA) is 62.3 Å². The van der Waals surface area contributed by atoms with E-state index in [1.807, 2.05) is 0 Å². The van der Waals surface area contributed by atoms with Crippen LogP contribution in [0, 0.1) is 11.9 Å². The van der Waals surface area contributed by atoms with Gasteiger partial charge in [0.15, 0.2) is 0 Å². The third-order valence-corrected chi connectivity index (χ3v) is 3.58. The predicted octanol–water partition coefficient (Wildman–Crippen LogP) is 2.46. The van der Waals surface area contributed by atoms with Crippen LogP contribution in [0.2, 0.25) is 0 Å². The van der Waals surface area contributed by atoms with Crippen molar-refractivity contribution in [3.8, 4) is 0 Å². The summed E-state index contributed by atoms with van der Waals surface area (Å²) in [5.74, 6) is -1.60. The van der Waals surface area contributed by atoms with Crippen LogP contribution >= 0.6 is 0 Å². The predicted molar refractivity (Wildman–Crippen MR) is 80.1 cm³/mol. The average molecular weight is 299 g/mol. The molecule has 6 heteroatoms. The number of halogens is 1. The number of pyridine rings is 1. The molecule has 2 heterocycles. The van der Waals surface area contributed by atoms with Crippen LogP contribution in [0.25, 0.3) is 0 Å². The van der Waals surface area contributed by atoms with Gasteiger partial charge in [0.2, 0.25) is 11.9 Å². The Labute approximate surface area is 126 Å². The molecule has 0 aliphatic carbocycles. The Balaban J connectivity index is 2.05. The van der Waals surface area contributed by atoms with Gasteiger partial charge in [-0.2, -0.15) is 4.39 Å². The molecule has 22 heavy (non-hydrogen) atoms. The number of benzene rings is 1. The smallest absolute Gasteiger partial charge is 0.258 e. The molecule has 1 aromatic heterocycles. The molecule has 1 atom stereocenters. The van der Waals surface area contributed by atoms with Gasteiger partial charge in [0.1, 0.15) is 0 Å². The lowest BCUT2D eigenvalue weighted by atomic mass is 10.1. The summed E-state index contributed by atoms with van der Waals surface area (Å²) in [6.07, 6.45) is 1.25. The number of anilines is 2. The molecular weight excluding hydrogens is 285 g/mol. The van der Waals surface area contributed by atoms with Crippen LogP contribution in [0.3, 0.4) is 0 Å². The van der Waals surface area contributed by atoms with Gasteiger partial charge in [0, 0.05) is 24.4 Å². The highest BCUT2D eigenvalue weighted by molar-refractivity contribution is 6.10. The highest BCUT2D eigenvalue weighted by atomic mass is 19.1. The van der Waals surface area contributed by atoms with Crippen LogP contribution in [0.1, 0.15) is 17.3 Å². The molecule has 1 N–H and O–H groups in total. The van der Waals surface area contributed by atoms with Gasteiger partial charge >= 0.3 is 0 Å². The van der Waals surface area contributed by atoms with E-state index in [1.54, 1.807) is 31.2 Å². The summed E-state index contributed by atoms with van der Waals surface area (Å²) in [5.41, 5.74) is 1.37.